The zero-order valence-corrected chi connectivity index (χ0v) is 21.2. The predicted molar refractivity (Wildman–Crippen MR) is 130 cm³/mol. The standard InChI is InChI=1S/C25H38N4O5/c1-16-12-29(23(30)14-27(3)4)17(2)15-34-21-11-19(26-24(31)18-7-8-18)9-10-20(21)25(32)28(5)13-22(16)33-6/h9-11,16-18,22H,7-8,12-15H2,1-6H3,(H,26,31)/t16-,17+,22-/m1/s1. The molecule has 2 aliphatic rings. The van der Waals surface area contributed by atoms with Crippen LogP contribution in [0.4, 0.5) is 5.69 Å². The maximum atomic E-state index is 13.3. The third-order valence-electron chi connectivity index (χ3n) is 6.43. The molecule has 0 bridgehead atoms. The van der Waals surface area contributed by atoms with Crippen LogP contribution in [0, 0.1) is 11.8 Å². The highest BCUT2D eigenvalue weighted by Gasteiger charge is 2.32. The first-order chi connectivity index (χ1) is 16.1. The zero-order chi connectivity index (χ0) is 25.0. The number of methoxy groups -OCH3 is 1. The van der Waals surface area contributed by atoms with Crippen molar-refractivity contribution >= 4 is 23.4 Å². The highest BCUT2D eigenvalue weighted by atomic mass is 16.5. The molecule has 0 radical (unpaired) electrons. The van der Waals surface area contributed by atoms with E-state index in [4.69, 9.17) is 9.47 Å². The molecule has 1 aromatic rings. The quantitative estimate of drug-likeness (QED) is 0.701. The molecule has 1 saturated carbocycles. The van der Waals surface area contributed by atoms with Gasteiger partial charge in [-0.3, -0.25) is 14.4 Å². The molecule has 0 saturated heterocycles. The monoisotopic (exact) mass is 474 g/mol. The van der Waals surface area contributed by atoms with Crippen LogP contribution in [0.2, 0.25) is 0 Å². The number of anilines is 1. The minimum absolute atomic E-state index is 0.00715. The highest BCUT2D eigenvalue weighted by molar-refractivity contribution is 5.99. The van der Waals surface area contributed by atoms with Crippen LogP contribution in [0.5, 0.6) is 5.75 Å². The summed E-state index contributed by atoms with van der Waals surface area (Å²) in [7, 11) is 7.10. The molecule has 1 N–H and O–H groups in total. The van der Waals surface area contributed by atoms with Gasteiger partial charge in [-0.05, 0) is 46.0 Å². The molecule has 34 heavy (non-hydrogen) atoms. The maximum absolute atomic E-state index is 13.3. The van der Waals surface area contributed by atoms with E-state index in [9.17, 15) is 14.4 Å². The number of nitrogens with zero attached hydrogens (tertiary/aromatic N) is 3. The van der Waals surface area contributed by atoms with E-state index in [1.165, 1.54) is 0 Å². The van der Waals surface area contributed by atoms with Gasteiger partial charge in [0.2, 0.25) is 11.8 Å². The largest absolute Gasteiger partial charge is 0.491 e. The van der Waals surface area contributed by atoms with Gasteiger partial charge in [-0.15, -0.1) is 0 Å². The van der Waals surface area contributed by atoms with Gasteiger partial charge >= 0.3 is 0 Å². The summed E-state index contributed by atoms with van der Waals surface area (Å²) in [6.07, 6.45) is 1.57. The van der Waals surface area contributed by atoms with Gasteiger partial charge in [-0.25, -0.2) is 0 Å². The van der Waals surface area contributed by atoms with Gasteiger partial charge in [0.1, 0.15) is 12.4 Å². The van der Waals surface area contributed by atoms with Gasteiger partial charge in [0.15, 0.2) is 0 Å². The Morgan fingerprint density at radius 1 is 1.21 bits per heavy atom. The number of carbonyl (C=O) groups is 3. The third-order valence-corrected chi connectivity index (χ3v) is 6.43. The lowest BCUT2D eigenvalue weighted by atomic mass is 10.0. The minimum Gasteiger partial charge on any atom is -0.491 e. The Morgan fingerprint density at radius 2 is 1.91 bits per heavy atom. The summed E-state index contributed by atoms with van der Waals surface area (Å²) in [4.78, 5) is 43.9. The number of nitrogens with one attached hydrogen (secondary N) is 1. The number of fused-ring (bicyclic) bond motifs is 1. The molecule has 0 aromatic heterocycles. The van der Waals surface area contributed by atoms with E-state index in [1.54, 1.807) is 37.3 Å². The Balaban J connectivity index is 1.92. The van der Waals surface area contributed by atoms with Crippen LogP contribution in [0.1, 0.15) is 37.0 Å². The molecule has 1 aliphatic carbocycles. The van der Waals surface area contributed by atoms with E-state index in [1.807, 2.05) is 37.7 Å². The molecule has 3 atom stereocenters. The van der Waals surface area contributed by atoms with Gasteiger partial charge in [0.05, 0.1) is 24.3 Å². The topological polar surface area (TPSA) is 91.4 Å². The van der Waals surface area contributed by atoms with Crippen molar-refractivity contribution in [1.82, 2.24) is 14.7 Å². The molecular formula is C25H38N4O5. The Bertz CT molecular complexity index is 901. The number of likely N-dealkylation sites (N-methyl/N-ethyl adjacent to an activating group) is 2. The number of benzene rings is 1. The number of hydrogen-bond donors (Lipinski definition) is 1. The summed E-state index contributed by atoms with van der Waals surface area (Å²) in [5.74, 6) is 0.280. The van der Waals surface area contributed by atoms with Crippen LogP contribution < -0.4 is 10.1 Å². The summed E-state index contributed by atoms with van der Waals surface area (Å²) in [6.45, 7) is 5.35. The Hall–Kier alpha value is -2.65. The molecule has 1 heterocycles. The van der Waals surface area contributed by atoms with Crippen molar-refractivity contribution in [1.29, 1.82) is 0 Å². The second kappa shape index (κ2) is 11.2. The molecule has 9 heteroatoms. The van der Waals surface area contributed by atoms with Crippen LogP contribution in [-0.4, -0.2) is 99.1 Å². The maximum Gasteiger partial charge on any atom is 0.257 e. The van der Waals surface area contributed by atoms with E-state index in [2.05, 4.69) is 5.32 Å². The molecule has 1 fully saturated rings. The number of hydrogen-bond acceptors (Lipinski definition) is 6. The van der Waals surface area contributed by atoms with Crippen LogP contribution in [0.15, 0.2) is 18.2 Å². The zero-order valence-electron chi connectivity index (χ0n) is 21.2. The summed E-state index contributed by atoms with van der Waals surface area (Å²) in [5, 5.41) is 2.91. The van der Waals surface area contributed by atoms with Gasteiger partial charge in [-0.1, -0.05) is 6.92 Å². The van der Waals surface area contributed by atoms with Crippen molar-refractivity contribution < 1.29 is 23.9 Å². The van der Waals surface area contributed by atoms with Gasteiger partial charge in [0.25, 0.3) is 5.91 Å². The van der Waals surface area contributed by atoms with Gasteiger partial charge < -0.3 is 29.5 Å². The summed E-state index contributed by atoms with van der Waals surface area (Å²) >= 11 is 0. The molecule has 0 spiro atoms. The molecule has 1 aliphatic heterocycles. The molecule has 3 rings (SSSR count). The third kappa shape index (κ3) is 6.48. The fraction of sp³-hybridized carbons (Fsp3) is 0.640. The average Bonchev–Trinajstić information content (AvgIpc) is 3.63. The van der Waals surface area contributed by atoms with Crippen LogP contribution in [0.25, 0.3) is 0 Å². The first-order valence-electron chi connectivity index (χ1n) is 11.9. The lowest BCUT2D eigenvalue weighted by Gasteiger charge is -2.36. The second-order valence-electron chi connectivity index (χ2n) is 9.86. The van der Waals surface area contributed by atoms with Crippen molar-refractivity contribution in [3.63, 3.8) is 0 Å². The Labute approximate surface area is 202 Å². The summed E-state index contributed by atoms with van der Waals surface area (Å²) < 4.78 is 11.9. The van der Waals surface area contributed by atoms with E-state index in [0.29, 0.717) is 36.6 Å². The van der Waals surface area contributed by atoms with Crippen molar-refractivity contribution in [2.75, 3.05) is 59.8 Å². The number of carbonyl (C=O) groups excluding carboxylic acids is 3. The van der Waals surface area contributed by atoms with Gasteiger partial charge in [-0.2, -0.15) is 0 Å². The molecule has 9 nitrogen and oxygen atoms in total. The first-order valence-corrected chi connectivity index (χ1v) is 11.9. The normalized spacial score (nSPS) is 24.1. The minimum atomic E-state index is -0.239. The van der Waals surface area contributed by atoms with Crippen molar-refractivity contribution in [3.8, 4) is 5.75 Å². The van der Waals surface area contributed by atoms with E-state index in [0.717, 1.165) is 12.8 Å². The number of ether oxygens (including phenoxy) is 2. The number of rotatable bonds is 5. The van der Waals surface area contributed by atoms with Crippen LogP contribution in [-0.2, 0) is 14.3 Å². The van der Waals surface area contributed by atoms with E-state index in [-0.39, 0.29) is 48.3 Å². The van der Waals surface area contributed by atoms with Gasteiger partial charge in [0, 0.05) is 50.8 Å². The summed E-state index contributed by atoms with van der Waals surface area (Å²) in [5.41, 5.74) is 1.00. The fourth-order valence-corrected chi connectivity index (χ4v) is 4.15. The fourth-order valence-electron chi connectivity index (χ4n) is 4.15. The molecule has 3 amide bonds. The summed E-state index contributed by atoms with van der Waals surface area (Å²) in [6, 6.07) is 4.89. The lowest BCUT2D eigenvalue weighted by molar-refractivity contribution is -0.136. The van der Waals surface area contributed by atoms with Crippen molar-refractivity contribution in [2.45, 2.75) is 38.8 Å². The average molecular weight is 475 g/mol. The Kier molecular flexibility index (Phi) is 8.54. The molecular weight excluding hydrogens is 436 g/mol. The highest BCUT2D eigenvalue weighted by Crippen LogP contribution is 2.32. The van der Waals surface area contributed by atoms with E-state index >= 15 is 0 Å². The predicted octanol–water partition coefficient (Wildman–Crippen LogP) is 1.93. The van der Waals surface area contributed by atoms with Crippen molar-refractivity contribution in [2.24, 2.45) is 11.8 Å². The molecule has 188 valence electrons. The van der Waals surface area contributed by atoms with Crippen LogP contribution in [0.3, 0.4) is 0 Å². The Morgan fingerprint density at radius 3 is 2.53 bits per heavy atom. The van der Waals surface area contributed by atoms with Crippen molar-refractivity contribution in [3.05, 3.63) is 23.8 Å². The number of amides is 3. The molecule has 1 aromatic carbocycles. The SMILES string of the molecule is CO[C@@H]1CN(C)C(=O)c2ccc(NC(=O)C3CC3)cc2OC[C@H](C)N(C(=O)CN(C)C)C[C@H]1C. The van der Waals surface area contributed by atoms with Crippen LogP contribution >= 0.6 is 0 Å². The smallest absolute Gasteiger partial charge is 0.257 e. The second-order valence-corrected chi connectivity index (χ2v) is 9.86. The lowest BCUT2D eigenvalue weighted by Crippen LogP contribution is -2.50. The van der Waals surface area contributed by atoms with E-state index < -0.39 is 0 Å². The first kappa shape index (κ1) is 26.0. The molecule has 0 unspecified atom stereocenters.